The lowest BCUT2D eigenvalue weighted by molar-refractivity contribution is -0.131. The molecule has 2 atom stereocenters. The monoisotopic (exact) mass is 680 g/mol. The number of piperidine rings is 1. The number of alkyl halides is 1. The quantitative estimate of drug-likeness (QED) is 0.182. The fourth-order valence-corrected chi connectivity index (χ4v) is 6.62. The summed E-state index contributed by atoms with van der Waals surface area (Å²) >= 11 is 2.47. The van der Waals surface area contributed by atoms with Crippen molar-refractivity contribution in [1.82, 2.24) is 15.1 Å². The molecular weight excluding hydrogens is 643 g/mol. The van der Waals surface area contributed by atoms with Gasteiger partial charge in [0.2, 0.25) is 11.8 Å². The topological polar surface area (TPSA) is 91.0 Å². The molecule has 8 nitrogen and oxygen atoms in total. The Morgan fingerprint density at radius 3 is 2.24 bits per heavy atom. The number of halogens is 1. The number of rotatable bonds is 7. The van der Waals surface area contributed by atoms with E-state index in [0.29, 0.717) is 22.7 Å². The summed E-state index contributed by atoms with van der Waals surface area (Å²) in [6.45, 7) is 7.27. The average molecular weight is 681 g/mol. The maximum Gasteiger partial charge on any atom is 0.257 e. The second-order valence-electron chi connectivity index (χ2n) is 11.9. The minimum absolute atomic E-state index is 0.00737. The second-order valence-corrected chi connectivity index (χ2v) is 13.1. The van der Waals surface area contributed by atoms with E-state index in [1.165, 1.54) is 10.5 Å². The molecule has 0 aliphatic carbocycles. The molecule has 0 spiro atoms. The van der Waals surface area contributed by atoms with Crippen LogP contribution in [0.15, 0.2) is 78.9 Å². The van der Waals surface area contributed by atoms with E-state index in [-0.39, 0.29) is 34.4 Å². The number of nitrogens with zero attached hydrogens (tertiary/aromatic N) is 2. The number of carbonyl (C=O) groups excluding carboxylic acids is 3. The Kier molecular flexibility index (Phi) is 9.17. The number of para-hydroxylation sites is 1. The number of likely N-dealkylation sites (tertiary alicyclic amines) is 1. The summed E-state index contributed by atoms with van der Waals surface area (Å²) in [6, 6.07) is 23.9. The SMILES string of the molecule is CC(C)(C)C(C(=O)NC1CCN(C(I)c2ccccc2)CC1)N1CC(=O)Nc2ccc(Oc3ccccc3)cc2C1=O. The van der Waals surface area contributed by atoms with Gasteiger partial charge >= 0.3 is 0 Å². The molecule has 42 heavy (non-hydrogen) atoms. The lowest BCUT2D eigenvalue weighted by Crippen LogP contribution is -2.59. The smallest absolute Gasteiger partial charge is 0.257 e. The van der Waals surface area contributed by atoms with Crippen LogP contribution in [0.4, 0.5) is 5.69 Å². The fourth-order valence-electron chi connectivity index (χ4n) is 5.65. The van der Waals surface area contributed by atoms with E-state index in [4.69, 9.17) is 4.74 Å². The lowest BCUT2D eigenvalue weighted by atomic mass is 9.84. The average Bonchev–Trinajstić information content (AvgIpc) is 3.08. The van der Waals surface area contributed by atoms with Crippen LogP contribution in [0, 0.1) is 5.41 Å². The van der Waals surface area contributed by atoms with Crippen molar-refractivity contribution in [3.8, 4) is 11.5 Å². The molecular formula is C33H37IN4O4. The zero-order chi connectivity index (χ0) is 29.9. The van der Waals surface area contributed by atoms with Crippen molar-refractivity contribution in [3.63, 3.8) is 0 Å². The fraction of sp³-hybridized carbons (Fsp3) is 0.364. The van der Waals surface area contributed by atoms with E-state index in [1.807, 2.05) is 57.2 Å². The highest BCUT2D eigenvalue weighted by Gasteiger charge is 2.43. The summed E-state index contributed by atoms with van der Waals surface area (Å²) < 4.78 is 6.23. The molecule has 2 aliphatic rings. The van der Waals surface area contributed by atoms with Crippen molar-refractivity contribution < 1.29 is 19.1 Å². The Labute approximate surface area is 260 Å². The molecule has 0 radical (unpaired) electrons. The molecule has 2 N–H and O–H groups in total. The van der Waals surface area contributed by atoms with E-state index in [0.717, 1.165) is 25.9 Å². The number of anilines is 1. The van der Waals surface area contributed by atoms with Crippen LogP contribution in [0.2, 0.25) is 0 Å². The Balaban J connectivity index is 1.31. The van der Waals surface area contributed by atoms with Crippen LogP contribution in [0.25, 0.3) is 0 Å². The van der Waals surface area contributed by atoms with Gasteiger partial charge in [-0.05, 0) is 54.2 Å². The molecule has 220 valence electrons. The van der Waals surface area contributed by atoms with E-state index in [2.05, 4.69) is 62.4 Å². The van der Waals surface area contributed by atoms with Crippen molar-refractivity contribution in [2.24, 2.45) is 5.41 Å². The Morgan fingerprint density at radius 1 is 0.952 bits per heavy atom. The van der Waals surface area contributed by atoms with Gasteiger partial charge in [0.1, 0.15) is 24.1 Å². The zero-order valence-electron chi connectivity index (χ0n) is 24.2. The first kappa shape index (κ1) is 30.0. The van der Waals surface area contributed by atoms with E-state index in [1.54, 1.807) is 18.2 Å². The molecule has 2 unspecified atom stereocenters. The van der Waals surface area contributed by atoms with Gasteiger partial charge in [-0.1, -0.05) is 91.9 Å². The minimum Gasteiger partial charge on any atom is -0.457 e. The van der Waals surface area contributed by atoms with Crippen molar-refractivity contribution in [2.75, 3.05) is 25.0 Å². The van der Waals surface area contributed by atoms with Gasteiger partial charge in [-0.15, -0.1) is 0 Å². The van der Waals surface area contributed by atoms with Crippen molar-refractivity contribution in [1.29, 1.82) is 0 Å². The predicted octanol–water partition coefficient (Wildman–Crippen LogP) is 6.00. The molecule has 5 rings (SSSR count). The van der Waals surface area contributed by atoms with Crippen LogP contribution in [0.3, 0.4) is 0 Å². The van der Waals surface area contributed by atoms with Crippen LogP contribution >= 0.6 is 22.6 Å². The van der Waals surface area contributed by atoms with Gasteiger partial charge in [-0.3, -0.25) is 19.3 Å². The van der Waals surface area contributed by atoms with Crippen LogP contribution in [-0.2, 0) is 9.59 Å². The lowest BCUT2D eigenvalue weighted by Gasteiger charge is -2.40. The maximum absolute atomic E-state index is 14.0. The number of fused-ring (bicyclic) bond motifs is 1. The highest BCUT2D eigenvalue weighted by molar-refractivity contribution is 14.1. The van der Waals surface area contributed by atoms with E-state index >= 15 is 0 Å². The zero-order valence-corrected chi connectivity index (χ0v) is 26.3. The standard InChI is InChI=1S/C33H37IN4O4/c1-33(2,3)29(31(40)35-23-16-18-37(19-17-23)30(34)22-10-6-4-7-11-22)38-21-28(39)36-27-15-14-25(20-26(27)32(38)41)42-24-12-8-5-9-13-24/h4-15,20,23,29-30H,16-19,21H2,1-3H3,(H,35,40)(H,36,39). The summed E-state index contributed by atoms with van der Waals surface area (Å²) in [6.07, 6.45) is 1.62. The normalized spacial score (nSPS) is 18.0. The summed E-state index contributed by atoms with van der Waals surface area (Å²) in [4.78, 5) is 44.7. The van der Waals surface area contributed by atoms with Gasteiger partial charge in [0, 0.05) is 19.1 Å². The van der Waals surface area contributed by atoms with Gasteiger partial charge in [-0.2, -0.15) is 0 Å². The summed E-state index contributed by atoms with van der Waals surface area (Å²) in [7, 11) is 0. The van der Waals surface area contributed by atoms with Crippen LogP contribution in [0.1, 0.15) is 53.6 Å². The largest absolute Gasteiger partial charge is 0.457 e. The minimum atomic E-state index is -0.847. The molecule has 3 aromatic carbocycles. The first-order valence-electron chi connectivity index (χ1n) is 14.3. The molecule has 9 heteroatoms. The number of nitrogens with one attached hydrogen (secondary N) is 2. The third kappa shape index (κ3) is 6.95. The molecule has 0 saturated carbocycles. The number of ether oxygens (including phenoxy) is 1. The Morgan fingerprint density at radius 2 is 1.60 bits per heavy atom. The highest BCUT2D eigenvalue weighted by Crippen LogP contribution is 2.34. The van der Waals surface area contributed by atoms with Crippen LogP contribution in [0.5, 0.6) is 11.5 Å². The number of carbonyl (C=O) groups is 3. The molecule has 1 saturated heterocycles. The molecule has 1 fully saturated rings. The van der Waals surface area contributed by atoms with Gasteiger partial charge in [0.05, 0.1) is 15.3 Å². The molecule has 3 aromatic rings. The number of benzene rings is 3. The number of hydrogen-bond donors (Lipinski definition) is 2. The molecule has 0 bridgehead atoms. The Hall–Kier alpha value is -3.44. The predicted molar refractivity (Wildman–Crippen MR) is 172 cm³/mol. The summed E-state index contributed by atoms with van der Waals surface area (Å²) in [5.41, 5.74) is 1.34. The van der Waals surface area contributed by atoms with Crippen molar-refractivity contribution in [3.05, 3.63) is 90.0 Å². The molecule has 2 aliphatic heterocycles. The van der Waals surface area contributed by atoms with E-state index < -0.39 is 11.5 Å². The van der Waals surface area contributed by atoms with Crippen LogP contribution in [-0.4, -0.2) is 59.2 Å². The summed E-state index contributed by atoms with van der Waals surface area (Å²) in [5, 5.41) is 6.06. The maximum atomic E-state index is 14.0. The molecule has 0 aromatic heterocycles. The first-order valence-corrected chi connectivity index (χ1v) is 15.6. The van der Waals surface area contributed by atoms with Crippen LogP contribution < -0.4 is 15.4 Å². The Bertz CT molecular complexity index is 1420. The van der Waals surface area contributed by atoms with E-state index in [9.17, 15) is 14.4 Å². The number of amides is 3. The third-order valence-corrected chi connectivity index (χ3v) is 9.21. The summed E-state index contributed by atoms with van der Waals surface area (Å²) in [5.74, 6) is 0.133. The van der Waals surface area contributed by atoms with Gasteiger partial charge in [0.15, 0.2) is 0 Å². The van der Waals surface area contributed by atoms with Crippen molar-refractivity contribution >= 4 is 46.0 Å². The first-order chi connectivity index (χ1) is 20.1. The van der Waals surface area contributed by atoms with Crippen molar-refractivity contribution in [2.45, 2.75) is 49.7 Å². The third-order valence-electron chi connectivity index (χ3n) is 7.70. The highest BCUT2D eigenvalue weighted by atomic mass is 127. The van der Waals surface area contributed by atoms with Gasteiger partial charge < -0.3 is 20.3 Å². The molecule has 2 heterocycles. The second kappa shape index (κ2) is 12.8. The van der Waals surface area contributed by atoms with Gasteiger partial charge in [-0.25, -0.2) is 0 Å². The number of hydrogen-bond acceptors (Lipinski definition) is 5. The molecule has 3 amide bonds. The van der Waals surface area contributed by atoms with Gasteiger partial charge in [0.25, 0.3) is 5.91 Å².